The van der Waals surface area contributed by atoms with Crippen molar-refractivity contribution in [3.8, 4) is 23.3 Å². The number of nitriles is 1. The van der Waals surface area contributed by atoms with E-state index < -0.39 is 11.8 Å². The zero-order valence-corrected chi connectivity index (χ0v) is 13.4. The number of rotatable bonds is 5. The van der Waals surface area contributed by atoms with E-state index in [0.717, 1.165) is 0 Å². The molecular weight excluding hydrogens is 322 g/mol. The Balaban J connectivity index is 1.73. The molecule has 1 amide bonds. The molecule has 1 aliphatic heterocycles. The van der Waals surface area contributed by atoms with Gasteiger partial charge in [-0.3, -0.25) is 4.79 Å². The molecule has 3 rings (SSSR count). The Bertz CT molecular complexity index is 843. The Kier molecular flexibility index (Phi) is 4.81. The Hall–Kier alpha value is -3.53. The number of nitrogens with one attached hydrogen (secondary N) is 1. The molecule has 7 nitrogen and oxygen atoms in total. The van der Waals surface area contributed by atoms with E-state index in [9.17, 15) is 10.1 Å². The number of fused-ring (bicyclic) bond motifs is 1. The first-order chi connectivity index (χ1) is 12.2. The standard InChI is InChI=1S/C18H15N3O4/c1-23-15-8-17-16(24-11-25-17)7-13(15)10-20-21-18(22)14(9-19)12-5-3-2-4-6-12/h2-8,10,14H,11H2,1H3,(H,21,22)/b20-10-/t14-/m1/s1. The fourth-order valence-electron chi connectivity index (χ4n) is 2.38. The van der Waals surface area contributed by atoms with Crippen LogP contribution in [0.2, 0.25) is 0 Å². The summed E-state index contributed by atoms with van der Waals surface area (Å²) in [4.78, 5) is 12.2. The molecule has 1 N–H and O–H groups in total. The van der Waals surface area contributed by atoms with Crippen LogP contribution in [-0.2, 0) is 4.79 Å². The maximum Gasteiger partial charge on any atom is 0.261 e. The minimum Gasteiger partial charge on any atom is -0.496 e. The molecule has 1 aliphatic rings. The predicted octanol–water partition coefficient (Wildman–Crippen LogP) is 2.18. The molecule has 0 aliphatic carbocycles. The van der Waals surface area contributed by atoms with Gasteiger partial charge in [-0.2, -0.15) is 10.4 Å². The first-order valence-electron chi connectivity index (χ1n) is 7.48. The molecule has 0 unspecified atom stereocenters. The van der Waals surface area contributed by atoms with Crippen molar-refractivity contribution >= 4 is 12.1 Å². The Labute approximate surface area is 144 Å². The average molecular weight is 337 g/mol. The molecule has 7 heteroatoms. The lowest BCUT2D eigenvalue weighted by molar-refractivity contribution is -0.121. The first-order valence-corrected chi connectivity index (χ1v) is 7.48. The van der Waals surface area contributed by atoms with E-state index in [4.69, 9.17) is 14.2 Å². The van der Waals surface area contributed by atoms with Crippen molar-refractivity contribution in [1.29, 1.82) is 5.26 Å². The second kappa shape index (κ2) is 7.36. The van der Waals surface area contributed by atoms with Gasteiger partial charge in [-0.15, -0.1) is 0 Å². The third-order valence-corrected chi connectivity index (χ3v) is 3.63. The van der Waals surface area contributed by atoms with Crippen LogP contribution in [0.25, 0.3) is 0 Å². The monoisotopic (exact) mass is 337 g/mol. The van der Waals surface area contributed by atoms with Crippen molar-refractivity contribution in [2.75, 3.05) is 13.9 Å². The van der Waals surface area contributed by atoms with Gasteiger partial charge < -0.3 is 14.2 Å². The number of ether oxygens (including phenoxy) is 3. The van der Waals surface area contributed by atoms with Gasteiger partial charge in [0.2, 0.25) is 6.79 Å². The molecule has 126 valence electrons. The highest BCUT2D eigenvalue weighted by Crippen LogP contribution is 2.37. The molecule has 0 radical (unpaired) electrons. The van der Waals surface area contributed by atoms with Gasteiger partial charge in [-0.05, 0) is 11.6 Å². The van der Waals surface area contributed by atoms with Crippen LogP contribution in [0.4, 0.5) is 0 Å². The van der Waals surface area contributed by atoms with Crippen molar-refractivity contribution in [3.63, 3.8) is 0 Å². The number of hydrazone groups is 1. The van der Waals surface area contributed by atoms with Crippen molar-refractivity contribution in [2.24, 2.45) is 5.10 Å². The van der Waals surface area contributed by atoms with Gasteiger partial charge in [-0.25, -0.2) is 5.43 Å². The lowest BCUT2D eigenvalue weighted by Crippen LogP contribution is -2.24. The molecule has 0 spiro atoms. The van der Waals surface area contributed by atoms with E-state index in [-0.39, 0.29) is 6.79 Å². The second-order valence-corrected chi connectivity index (χ2v) is 5.15. The third-order valence-electron chi connectivity index (χ3n) is 3.63. The van der Waals surface area contributed by atoms with Gasteiger partial charge in [0.05, 0.1) is 19.4 Å². The first kappa shape index (κ1) is 16.3. The van der Waals surface area contributed by atoms with Crippen LogP contribution in [-0.4, -0.2) is 26.0 Å². The van der Waals surface area contributed by atoms with Crippen molar-refractivity contribution in [2.45, 2.75) is 5.92 Å². The van der Waals surface area contributed by atoms with Crippen LogP contribution in [0, 0.1) is 11.3 Å². The number of amides is 1. The van der Waals surface area contributed by atoms with E-state index in [0.29, 0.717) is 28.4 Å². The number of benzene rings is 2. The van der Waals surface area contributed by atoms with Crippen molar-refractivity contribution < 1.29 is 19.0 Å². The smallest absolute Gasteiger partial charge is 0.261 e. The molecule has 0 bridgehead atoms. The Morgan fingerprint density at radius 2 is 2.04 bits per heavy atom. The number of carbonyl (C=O) groups excluding carboxylic acids is 1. The molecule has 25 heavy (non-hydrogen) atoms. The van der Waals surface area contributed by atoms with E-state index in [2.05, 4.69) is 10.5 Å². The second-order valence-electron chi connectivity index (χ2n) is 5.15. The van der Waals surface area contributed by atoms with Crippen LogP contribution < -0.4 is 19.6 Å². The summed E-state index contributed by atoms with van der Waals surface area (Å²) in [6.45, 7) is 0.150. The van der Waals surface area contributed by atoms with Gasteiger partial charge >= 0.3 is 0 Å². The van der Waals surface area contributed by atoms with Crippen LogP contribution in [0.1, 0.15) is 17.0 Å². The molecule has 0 saturated carbocycles. The number of methoxy groups -OCH3 is 1. The van der Waals surface area contributed by atoms with Crippen molar-refractivity contribution in [1.82, 2.24) is 5.43 Å². The topological polar surface area (TPSA) is 92.9 Å². The fourth-order valence-corrected chi connectivity index (χ4v) is 2.38. The summed E-state index contributed by atoms with van der Waals surface area (Å²) < 4.78 is 15.9. The summed E-state index contributed by atoms with van der Waals surface area (Å²) in [5, 5.41) is 13.2. The fraction of sp³-hybridized carbons (Fsp3) is 0.167. The summed E-state index contributed by atoms with van der Waals surface area (Å²) in [6.07, 6.45) is 1.43. The highest BCUT2D eigenvalue weighted by atomic mass is 16.7. The summed E-state index contributed by atoms with van der Waals surface area (Å²) in [6, 6.07) is 14.2. The third kappa shape index (κ3) is 3.53. The van der Waals surface area contributed by atoms with Crippen LogP contribution >= 0.6 is 0 Å². The quantitative estimate of drug-likeness (QED) is 0.667. The molecule has 0 fully saturated rings. The molecular formula is C18H15N3O4. The Morgan fingerprint density at radius 1 is 1.32 bits per heavy atom. The minimum absolute atomic E-state index is 0.150. The van der Waals surface area contributed by atoms with Gasteiger partial charge in [0, 0.05) is 11.6 Å². The van der Waals surface area contributed by atoms with Gasteiger partial charge in [-0.1, -0.05) is 30.3 Å². The number of hydrogen-bond acceptors (Lipinski definition) is 6. The molecule has 0 aromatic heterocycles. The number of nitrogens with zero attached hydrogens (tertiary/aromatic N) is 2. The normalized spacial score (nSPS) is 13.3. The average Bonchev–Trinajstić information content (AvgIpc) is 3.10. The van der Waals surface area contributed by atoms with E-state index in [1.54, 1.807) is 36.4 Å². The minimum atomic E-state index is -0.933. The lowest BCUT2D eigenvalue weighted by Gasteiger charge is -2.08. The molecule has 2 aromatic rings. The summed E-state index contributed by atoms with van der Waals surface area (Å²) in [5.41, 5.74) is 3.60. The Morgan fingerprint density at radius 3 is 2.72 bits per heavy atom. The lowest BCUT2D eigenvalue weighted by atomic mass is 10.0. The summed E-state index contributed by atoms with van der Waals surface area (Å²) >= 11 is 0. The van der Waals surface area contributed by atoms with Gasteiger partial charge in [0.25, 0.3) is 5.91 Å². The largest absolute Gasteiger partial charge is 0.496 e. The SMILES string of the molecule is COc1cc2c(cc1/C=N\NC(=O)[C@H](C#N)c1ccccc1)OCO2. The zero-order valence-electron chi connectivity index (χ0n) is 13.4. The number of hydrogen-bond donors (Lipinski definition) is 1. The summed E-state index contributed by atoms with van der Waals surface area (Å²) in [5.74, 6) is 0.253. The molecule has 0 saturated heterocycles. The van der Waals surface area contributed by atoms with Crippen molar-refractivity contribution in [3.05, 3.63) is 53.6 Å². The highest BCUT2D eigenvalue weighted by molar-refractivity contribution is 5.89. The van der Waals surface area contributed by atoms with Gasteiger partial charge in [0.15, 0.2) is 17.4 Å². The van der Waals surface area contributed by atoms with Crippen LogP contribution in [0.3, 0.4) is 0 Å². The molecule has 1 atom stereocenters. The van der Waals surface area contributed by atoms with E-state index >= 15 is 0 Å². The van der Waals surface area contributed by atoms with Crippen LogP contribution in [0.15, 0.2) is 47.6 Å². The van der Waals surface area contributed by atoms with E-state index in [1.807, 2.05) is 12.1 Å². The van der Waals surface area contributed by atoms with Gasteiger partial charge in [0.1, 0.15) is 5.75 Å². The molecule has 1 heterocycles. The maximum absolute atomic E-state index is 12.2. The zero-order chi connectivity index (χ0) is 17.6. The molecule has 2 aromatic carbocycles. The predicted molar refractivity (Wildman–Crippen MR) is 89.6 cm³/mol. The van der Waals surface area contributed by atoms with Crippen LogP contribution in [0.5, 0.6) is 17.2 Å². The number of carbonyl (C=O) groups is 1. The maximum atomic E-state index is 12.2. The van der Waals surface area contributed by atoms with E-state index in [1.165, 1.54) is 13.3 Å². The summed E-state index contributed by atoms with van der Waals surface area (Å²) in [7, 11) is 1.52. The highest BCUT2D eigenvalue weighted by Gasteiger charge is 2.20.